The Hall–Kier alpha value is -1.84. The molecule has 3 rings (SSSR count). The molecule has 1 aliphatic rings. The first-order chi connectivity index (χ1) is 7.81. The lowest BCUT2D eigenvalue weighted by Crippen LogP contribution is -1.98. The summed E-state index contributed by atoms with van der Waals surface area (Å²) >= 11 is 0. The highest BCUT2D eigenvalue weighted by Crippen LogP contribution is 2.30. The number of aromatic hydroxyl groups is 1. The number of nitrogens with zero attached hydrogens (tertiary/aromatic N) is 3. The van der Waals surface area contributed by atoms with E-state index in [1.165, 1.54) is 19.0 Å². The zero-order chi connectivity index (χ0) is 11.0. The Labute approximate surface area is 93.6 Å². The van der Waals surface area contributed by atoms with Crippen LogP contribution in [0.15, 0.2) is 30.7 Å². The first-order valence-corrected chi connectivity index (χ1v) is 5.49. The van der Waals surface area contributed by atoms with E-state index >= 15 is 0 Å². The molecule has 16 heavy (non-hydrogen) atoms. The van der Waals surface area contributed by atoms with Gasteiger partial charge < -0.3 is 5.11 Å². The molecule has 2 aromatic heterocycles. The molecule has 1 aliphatic carbocycles. The highest BCUT2D eigenvalue weighted by Gasteiger charge is 2.22. The summed E-state index contributed by atoms with van der Waals surface area (Å²) in [5.41, 5.74) is 1.85. The van der Waals surface area contributed by atoms with E-state index in [4.69, 9.17) is 5.11 Å². The van der Waals surface area contributed by atoms with Crippen molar-refractivity contribution in [3.63, 3.8) is 0 Å². The van der Waals surface area contributed by atoms with Crippen LogP contribution in [-0.2, 0) is 6.54 Å². The summed E-state index contributed by atoms with van der Waals surface area (Å²) in [6.45, 7) is 1.01. The SMILES string of the molecule is Oc1ccc(-c2cnn(CC3CC3)c2)nc1. The number of hydrogen-bond acceptors (Lipinski definition) is 3. The van der Waals surface area contributed by atoms with Crippen molar-refractivity contribution >= 4 is 0 Å². The number of hydrogen-bond donors (Lipinski definition) is 1. The molecule has 0 unspecified atom stereocenters. The van der Waals surface area contributed by atoms with Gasteiger partial charge >= 0.3 is 0 Å². The minimum atomic E-state index is 0.189. The van der Waals surface area contributed by atoms with Crippen LogP contribution in [0, 0.1) is 5.92 Å². The van der Waals surface area contributed by atoms with Crippen LogP contribution in [-0.4, -0.2) is 19.9 Å². The van der Waals surface area contributed by atoms with Crippen molar-refractivity contribution in [2.45, 2.75) is 19.4 Å². The van der Waals surface area contributed by atoms with Crippen molar-refractivity contribution in [1.82, 2.24) is 14.8 Å². The Morgan fingerprint density at radius 2 is 2.19 bits per heavy atom. The van der Waals surface area contributed by atoms with Crippen molar-refractivity contribution in [2.24, 2.45) is 5.92 Å². The van der Waals surface area contributed by atoms with Crippen molar-refractivity contribution < 1.29 is 5.11 Å². The lowest BCUT2D eigenvalue weighted by Gasteiger charge is -1.97. The fourth-order valence-corrected chi connectivity index (χ4v) is 1.72. The molecule has 2 aromatic rings. The predicted molar refractivity (Wildman–Crippen MR) is 59.8 cm³/mol. The number of pyridine rings is 1. The molecule has 0 bridgehead atoms. The van der Waals surface area contributed by atoms with Crippen molar-refractivity contribution in [1.29, 1.82) is 0 Å². The molecule has 1 saturated carbocycles. The summed E-state index contributed by atoms with van der Waals surface area (Å²) in [6, 6.07) is 3.44. The van der Waals surface area contributed by atoms with Crippen LogP contribution in [0.4, 0.5) is 0 Å². The van der Waals surface area contributed by atoms with Crippen molar-refractivity contribution in [2.75, 3.05) is 0 Å². The van der Waals surface area contributed by atoms with Gasteiger partial charge in [-0.3, -0.25) is 9.67 Å². The third-order valence-electron chi connectivity index (χ3n) is 2.82. The Morgan fingerprint density at radius 3 is 2.88 bits per heavy atom. The molecule has 4 nitrogen and oxygen atoms in total. The quantitative estimate of drug-likeness (QED) is 0.852. The van der Waals surface area contributed by atoms with Gasteiger partial charge in [0.25, 0.3) is 0 Å². The van der Waals surface area contributed by atoms with Crippen molar-refractivity contribution in [3.8, 4) is 17.0 Å². The number of aromatic nitrogens is 3. The summed E-state index contributed by atoms with van der Waals surface area (Å²) in [5, 5.41) is 13.5. The molecule has 0 aromatic carbocycles. The molecule has 82 valence electrons. The smallest absolute Gasteiger partial charge is 0.133 e. The van der Waals surface area contributed by atoms with Gasteiger partial charge in [-0.05, 0) is 30.9 Å². The van der Waals surface area contributed by atoms with Gasteiger partial charge in [0.2, 0.25) is 0 Å². The second kappa shape index (κ2) is 3.63. The average molecular weight is 215 g/mol. The van der Waals surface area contributed by atoms with Gasteiger partial charge in [0.15, 0.2) is 0 Å². The predicted octanol–water partition coefficient (Wildman–Crippen LogP) is 2.06. The van der Waals surface area contributed by atoms with Gasteiger partial charge in [-0.15, -0.1) is 0 Å². The first kappa shape index (κ1) is 9.39. The Balaban J connectivity index is 1.82. The fourth-order valence-electron chi connectivity index (χ4n) is 1.72. The minimum Gasteiger partial charge on any atom is -0.506 e. The van der Waals surface area contributed by atoms with E-state index in [-0.39, 0.29) is 5.75 Å². The van der Waals surface area contributed by atoms with E-state index in [2.05, 4.69) is 10.1 Å². The van der Waals surface area contributed by atoms with E-state index in [1.807, 2.05) is 17.1 Å². The molecule has 2 heterocycles. The van der Waals surface area contributed by atoms with Crippen LogP contribution < -0.4 is 0 Å². The molecule has 0 amide bonds. The van der Waals surface area contributed by atoms with Crippen LogP contribution in [0.3, 0.4) is 0 Å². The Kier molecular flexibility index (Phi) is 2.13. The Bertz CT molecular complexity index is 485. The fraction of sp³-hybridized carbons (Fsp3) is 0.333. The van der Waals surface area contributed by atoms with Gasteiger partial charge in [0, 0.05) is 18.3 Å². The first-order valence-electron chi connectivity index (χ1n) is 5.49. The molecule has 0 saturated heterocycles. The van der Waals surface area contributed by atoms with Gasteiger partial charge in [-0.1, -0.05) is 0 Å². The van der Waals surface area contributed by atoms with Gasteiger partial charge in [0.1, 0.15) is 5.75 Å². The van der Waals surface area contributed by atoms with Gasteiger partial charge in [0.05, 0.1) is 18.1 Å². The summed E-state index contributed by atoms with van der Waals surface area (Å²) in [7, 11) is 0. The maximum Gasteiger partial charge on any atom is 0.133 e. The lowest BCUT2D eigenvalue weighted by molar-refractivity contribution is 0.473. The topological polar surface area (TPSA) is 50.9 Å². The van der Waals surface area contributed by atoms with E-state index in [9.17, 15) is 0 Å². The monoisotopic (exact) mass is 215 g/mol. The number of rotatable bonds is 3. The van der Waals surface area contributed by atoms with Gasteiger partial charge in [-0.2, -0.15) is 5.10 Å². The van der Waals surface area contributed by atoms with Crippen LogP contribution in [0.2, 0.25) is 0 Å². The molecule has 4 heteroatoms. The summed E-state index contributed by atoms with van der Waals surface area (Å²) in [4.78, 5) is 4.15. The summed E-state index contributed by atoms with van der Waals surface area (Å²) in [5.74, 6) is 1.01. The van der Waals surface area contributed by atoms with E-state index in [0.29, 0.717) is 0 Å². The largest absolute Gasteiger partial charge is 0.506 e. The molecule has 0 radical (unpaired) electrons. The van der Waals surface area contributed by atoms with Crippen LogP contribution in [0.5, 0.6) is 5.75 Å². The third kappa shape index (κ3) is 1.91. The second-order valence-corrected chi connectivity index (χ2v) is 4.30. The molecular formula is C12H13N3O. The maximum absolute atomic E-state index is 9.15. The van der Waals surface area contributed by atoms with E-state index in [0.717, 1.165) is 23.7 Å². The highest BCUT2D eigenvalue weighted by molar-refractivity contribution is 5.57. The zero-order valence-corrected chi connectivity index (χ0v) is 8.87. The van der Waals surface area contributed by atoms with Crippen LogP contribution in [0.1, 0.15) is 12.8 Å². The summed E-state index contributed by atoms with van der Waals surface area (Å²) < 4.78 is 1.97. The third-order valence-corrected chi connectivity index (χ3v) is 2.82. The highest BCUT2D eigenvalue weighted by atomic mass is 16.3. The normalized spacial score (nSPS) is 15.2. The van der Waals surface area contributed by atoms with E-state index in [1.54, 1.807) is 12.1 Å². The van der Waals surface area contributed by atoms with Crippen LogP contribution in [0.25, 0.3) is 11.3 Å². The van der Waals surface area contributed by atoms with Crippen molar-refractivity contribution in [3.05, 3.63) is 30.7 Å². The maximum atomic E-state index is 9.15. The Morgan fingerprint density at radius 1 is 1.31 bits per heavy atom. The second-order valence-electron chi connectivity index (χ2n) is 4.30. The molecule has 0 atom stereocenters. The average Bonchev–Trinajstić information content (AvgIpc) is 2.97. The molecule has 1 fully saturated rings. The lowest BCUT2D eigenvalue weighted by atomic mass is 10.2. The minimum absolute atomic E-state index is 0.189. The summed E-state index contributed by atoms with van der Waals surface area (Å²) in [6.07, 6.45) is 7.94. The molecule has 1 N–H and O–H groups in total. The van der Waals surface area contributed by atoms with Gasteiger partial charge in [-0.25, -0.2) is 0 Å². The zero-order valence-electron chi connectivity index (χ0n) is 8.87. The molecular weight excluding hydrogens is 202 g/mol. The van der Waals surface area contributed by atoms with E-state index < -0.39 is 0 Å². The molecule has 0 spiro atoms. The molecule has 0 aliphatic heterocycles. The van der Waals surface area contributed by atoms with Crippen LogP contribution >= 0.6 is 0 Å². The standard InChI is InChI=1S/C12H13N3O/c16-11-3-4-12(13-6-11)10-5-14-15(8-10)7-9-1-2-9/h3-6,8-9,16H,1-2,7H2.